The molecule has 0 amide bonds. The number of rotatable bonds is 6. The van der Waals surface area contributed by atoms with Gasteiger partial charge in [-0.1, -0.05) is 23.2 Å². The van der Waals surface area contributed by atoms with E-state index in [2.05, 4.69) is 5.32 Å². The summed E-state index contributed by atoms with van der Waals surface area (Å²) in [5.74, 6) is 0.0523. The van der Waals surface area contributed by atoms with Gasteiger partial charge >= 0.3 is 5.97 Å². The molecule has 0 radical (unpaired) electrons. The number of hydrogen-bond acceptors (Lipinski definition) is 4. The molecular weight excluding hydrogens is 341 g/mol. The zero-order valence-electron chi connectivity index (χ0n) is 12.5. The summed E-state index contributed by atoms with van der Waals surface area (Å²) in [6.45, 7) is 0.406. The van der Waals surface area contributed by atoms with Gasteiger partial charge in [0.05, 0.1) is 24.8 Å². The van der Waals surface area contributed by atoms with Gasteiger partial charge in [-0.2, -0.15) is 0 Å². The monoisotopic (exact) mass is 355 g/mol. The number of benzene rings is 2. The van der Waals surface area contributed by atoms with E-state index in [9.17, 15) is 4.79 Å². The van der Waals surface area contributed by atoms with Crippen LogP contribution in [0.5, 0.6) is 11.5 Å². The zero-order chi connectivity index (χ0) is 17.0. The van der Waals surface area contributed by atoms with Crippen LogP contribution in [-0.2, 0) is 6.54 Å². The molecule has 2 aromatic rings. The van der Waals surface area contributed by atoms with Crippen LogP contribution in [0.4, 0.5) is 5.69 Å². The molecule has 0 saturated carbocycles. The van der Waals surface area contributed by atoms with E-state index in [4.69, 9.17) is 37.8 Å². The summed E-state index contributed by atoms with van der Waals surface area (Å²) < 4.78 is 10.6. The van der Waals surface area contributed by atoms with E-state index in [1.165, 1.54) is 13.2 Å². The van der Waals surface area contributed by atoms with E-state index in [1.54, 1.807) is 31.4 Å². The molecule has 23 heavy (non-hydrogen) atoms. The van der Waals surface area contributed by atoms with Gasteiger partial charge in [0.15, 0.2) is 11.5 Å². The minimum atomic E-state index is -1.07. The molecule has 0 bridgehead atoms. The highest BCUT2D eigenvalue weighted by molar-refractivity contribution is 6.33. The first-order valence-electron chi connectivity index (χ1n) is 6.63. The van der Waals surface area contributed by atoms with Crippen LogP contribution in [0.2, 0.25) is 10.0 Å². The number of carboxylic acids is 1. The van der Waals surface area contributed by atoms with Crippen LogP contribution in [0.15, 0.2) is 30.3 Å². The van der Waals surface area contributed by atoms with Gasteiger partial charge in [0.25, 0.3) is 0 Å². The maximum atomic E-state index is 11.0. The second kappa shape index (κ2) is 7.44. The Morgan fingerprint density at radius 1 is 1.17 bits per heavy atom. The lowest BCUT2D eigenvalue weighted by Crippen LogP contribution is -2.04. The van der Waals surface area contributed by atoms with Gasteiger partial charge in [-0.3, -0.25) is 0 Å². The molecule has 0 heterocycles. The van der Waals surface area contributed by atoms with Gasteiger partial charge < -0.3 is 19.9 Å². The van der Waals surface area contributed by atoms with E-state index in [0.29, 0.717) is 28.8 Å². The Bertz CT molecular complexity index is 734. The lowest BCUT2D eigenvalue weighted by molar-refractivity contribution is 0.0697. The fraction of sp³-hybridized carbons (Fsp3) is 0.188. The highest BCUT2D eigenvalue weighted by Gasteiger charge is 2.13. The van der Waals surface area contributed by atoms with Crippen molar-refractivity contribution in [2.45, 2.75) is 6.54 Å². The Hall–Kier alpha value is -2.11. The molecule has 0 unspecified atom stereocenters. The second-order valence-electron chi connectivity index (χ2n) is 4.65. The van der Waals surface area contributed by atoms with Crippen LogP contribution in [-0.4, -0.2) is 25.3 Å². The molecule has 5 nitrogen and oxygen atoms in total. The van der Waals surface area contributed by atoms with Crippen molar-refractivity contribution < 1.29 is 19.4 Å². The molecule has 0 fully saturated rings. The predicted molar refractivity (Wildman–Crippen MR) is 90.3 cm³/mol. The third-order valence-electron chi connectivity index (χ3n) is 3.20. The molecule has 0 aliphatic carbocycles. The van der Waals surface area contributed by atoms with Crippen molar-refractivity contribution in [2.75, 3.05) is 19.5 Å². The lowest BCUT2D eigenvalue weighted by Gasteiger charge is -2.15. The summed E-state index contributed by atoms with van der Waals surface area (Å²) in [4.78, 5) is 11.0. The quantitative estimate of drug-likeness (QED) is 0.807. The molecule has 122 valence electrons. The largest absolute Gasteiger partial charge is 0.493 e. The van der Waals surface area contributed by atoms with Crippen LogP contribution < -0.4 is 14.8 Å². The van der Waals surface area contributed by atoms with Gasteiger partial charge in [0, 0.05) is 28.9 Å². The number of ether oxygens (including phenoxy) is 2. The molecule has 2 rings (SSSR count). The van der Waals surface area contributed by atoms with Crippen LogP contribution in [0.25, 0.3) is 0 Å². The van der Waals surface area contributed by atoms with Gasteiger partial charge in [0.1, 0.15) is 0 Å². The third-order valence-corrected chi connectivity index (χ3v) is 3.73. The predicted octanol–water partition coefficient (Wildman–Crippen LogP) is 4.32. The second-order valence-corrected chi connectivity index (χ2v) is 5.50. The Morgan fingerprint density at radius 2 is 1.91 bits per heavy atom. The van der Waals surface area contributed by atoms with Crippen molar-refractivity contribution in [1.82, 2.24) is 0 Å². The number of carbonyl (C=O) groups is 1. The standard InChI is InChI=1S/C16H15Cl2NO4/c1-22-14-6-10(17)5-9(15(14)23-2)8-19-11-3-4-12(16(20)21)13(18)7-11/h3-7,19H,8H2,1-2H3,(H,20,21). The van der Waals surface area contributed by atoms with E-state index in [1.807, 2.05) is 0 Å². The average molecular weight is 356 g/mol. The fourth-order valence-electron chi connectivity index (χ4n) is 2.13. The normalized spacial score (nSPS) is 10.3. The lowest BCUT2D eigenvalue weighted by atomic mass is 10.1. The number of aromatic carboxylic acids is 1. The summed E-state index contributed by atoms with van der Waals surface area (Å²) in [5, 5.41) is 12.8. The molecule has 2 aromatic carbocycles. The molecule has 0 saturated heterocycles. The van der Waals surface area contributed by atoms with Crippen LogP contribution in [0.3, 0.4) is 0 Å². The molecule has 0 spiro atoms. The number of halogens is 2. The smallest absolute Gasteiger partial charge is 0.337 e. The Morgan fingerprint density at radius 3 is 2.48 bits per heavy atom. The van der Waals surface area contributed by atoms with Crippen molar-refractivity contribution in [3.63, 3.8) is 0 Å². The van der Waals surface area contributed by atoms with Crippen molar-refractivity contribution in [3.8, 4) is 11.5 Å². The van der Waals surface area contributed by atoms with Gasteiger partial charge in [-0.25, -0.2) is 4.79 Å². The molecule has 0 aliphatic rings. The first-order valence-corrected chi connectivity index (χ1v) is 7.39. The zero-order valence-corrected chi connectivity index (χ0v) is 14.0. The third kappa shape index (κ3) is 4.00. The van der Waals surface area contributed by atoms with Crippen molar-refractivity contribution in [2.24, 2.45) is 0 Å². The van der Waals surface area contributed by atoms with Crippen molar-refractivity contribution in [1.29, 1.82) is 0 Å². The van der Waals surface area contributed by atoms with Crippen LogP contribution in [0, 0.1) is 0 Å². The first-order chi connectivity index (χ1) is 11.0. The van der Waals surface area contributed by atoms with E-state index < -0.39 is 5.97 Å². The SMILES string of the molecule is COc1cc(Cl)cc(CNc2ccc(C(=O)O)c(Cl)c2)c1OC. The van der Waals surface area contributed by atoms with E-state index in [0.717, 1.165) is 5.56 Å². The molecule has 0 atom stereocenters. The number of anilines is 1. The minimum absolute atomic E-state index is 0.0548. The van der Waals surface area contributed by atoms with Crippen molar-refractivity contribution >= 4 is 34.9 Å². The number of nitrogens with one attached hydrogen (secondary N) is 1. The Kier molecular flexibility index (Phi) is 5.58. The number of hydrogen-bond donors (Lipinski definition) is 2. The molecule has 0 aromatic heterocycles. The van der Waals surface area contributed by atoms with Crippen LogP contribution >= 0.6 is 23.2 Å². The Balaban J connectivity index is 2.22. The molecular formula is C16H15Cl2NO4. The summed E-state index contributed by atoms with van der Waals surface area (Å²) in [5.41, 5.74) is 1.54. The van der Waals surface area contributed by atoms with Gasteiger partial charge in [0.2, 0.25) is 0 Å². The summed E-state index contributed by atoms with van der Waals surface area (Å²) >= 11 is 12.0. The van der Waals surface area contributed by atoms with Crippen LogP contribution in [0.1, 0.15) is 15.9 Å². The maximum absolute atomic E-state index is 11.0. The van der Waals surface area contributed by atoms with Gasteiger partial charge in [-0.15, -0.1) is 0 Å². The summed E-state index contributed by atoms with van der Waals surface area (Å²) in [6, 6.07) is 8.08. The van der Waals surface area contributed by atoms with E-state index in [-0.39, 0.29) is 10.6 Å². The molecule has 7 heteroatoms. The topological polar surface area (TPSA) is 67.8 Å². The van der Waals surface area contributed by atoms with Crippen molar-refractivity contribution in [3.05, 3.63) is 51.5 Å². The highest BCUT2D eigenvalue weighted by Crippen LogP contribution is 2.35. The van der Waals surface area contributed by atoms with E-state index >= 15 is 0 Å². The molecule has 0 aliphatic heterocycles. The average Bonchev–Trinajstić information content (AvgIpc) is 2.51. The highest BCUT2D eigenvalue weighted by atomic mass is 35.5. The number of carboxylic acid groups (broad SMARTS) is 1. The number of methoxy groups -OCH3 is 2. The van der Waals surface area contributed by atoms with Gasteiger partial charge in [-0.05, 0) is 24.3 Å². The summed E-state index contributed by atoms with van der Waals surface area (Å²) in [6.07, 6.45) is 0. The minimum Gasteiger partial charge on any atom is -0.493 e. The molecule has 2 N–H and O–H groups in total. The fourth-order valence-corrected chi connectivity index (χ4v) is 2.63. The Labute approximate surface area is 143 Å². The first kappa shape index (κ1) is 17.2. The summed E-state index contributed by atoms with van der Waals surface area (Å²) in [7, 11) is 3.09. The maximum Gasteiger partial charge on any atom is 0.337 e.